The maximum atomic E-state index is 10.5. The first-order valence-electron chi connectivity index (χ1n) is 2.65. The molecule has 0 aromatic heterocycles. The quantitative estimate of drug-likeness (QED) is 0.321. The minimum absolute atomic E-state index is 0. The predicted octanol–water partition coefficient (Wildman–Crippen LogP) is 0.420. The molecule has 0 heterocycles. The standard InChI is InChI=1S/C6H10O2.Na/c1-5(2)6(8)3-4-7;/h4-5H,3H2,1-2H3;. The Morgan fingerprint density at radius 2 is 2.00 bits per heavy atom. The Bertz CT molecular complexity index is 99.2. The molecule has 0 saturated heterocycles. The molecule has 0 rings (SSSR count). The van der Waals surface area contributed by atoms with Crippen LogP contribution in [0.25, 0.3) is 0 Å². The molecule has 9 heavy (non-hydrogen) atoms. The zero-order valence-electron chi connectivity index (χ0n) is 6.18. The van der Waals surface area contributed by atoms with E-state index in [2.05, 4.69) is 0 Å². The van der Waals surface area contributed by atoms with Crippen LogP contribution in [0.5, 0.6) is 0 Å². The summed E-state index contributed by atoms with van der Waals surface area (Å²) >= 11 is 0. The van der Waals surface area contributed by atoms with Crippen LogP contribution in [0.15, 0.2) is 0 Å². The largest absolute Gasteiger partial charge is 0.303 e. The first kappa shape index (κ1) is 12.1. The Labute approximate surface area is 77.3 Å². The van der Waals surface area contributed by atoms with Crippen LogP contribution in [0.1, 0.15) is 20.3 Å². The second-order valence-corrected chi connectivity index (χ2v) is 1.99. The average Bonchev–Trinajstić information content (AvgIpc) is 1.67. The van der Waals surface area contributed by atoms with Gasteiger partial charge in [0.25, 0.3) is 0 Å². The van der Waals surface area contributed by atoms with Crippen molar-refractivity contribution in [3.8, 4) is 0 Å². The van der Waals surface area contributed by atoms with Gasteiger partial charge in [0.2, 0.25) is 0 Å². The Morgan fingerprint density at radius 1 is 1.56 bits per heavy atom. The molecular weight excluding hydrogens is 127 g/mol. The molecule has 0 N–H and O–H groups in total. The van der Waals surface area contributed by atoms with Crippen LogP contribution in [0.2, 0.25) is 0 Å². The molecule has 2 nitrogen and oxygen atoms in total. The van der Waals surface area contributed by atoms with Crippen LogP contribution >= 0.6 is 0 Å². The van der Waals surface area contributed by atoms with E-state index in [0.717, 1.165) is 0 Å². The normalized spacial score (nSPS) is 8.33. The van der Waals surface area contributed by atoms with Crippen LogP contribution < -0.4 is 0 Å². The fraction of sp³-hybridized carbons (Fsp3) is 0.667. The first-order valence-corrected chi connectivity index (χ1v) is 2.65. The molecule has 0 unspecified atom stereocenters. The number of carbonyl (C=O) groups is 2. The van der Waals surface area contributed by atoms with Gasteiger partial charge in [-0.05, 0) is 0 Å². The third-order valence-electron chi connectivity index (χ3n) is 0.928. The minimum atomic E-state index is 0. The minimum Gasteiger partial charge on any atom is -0.303 e. The number of hydrogen-bond donors (Lipinski definition) is 0. The third kappa shape index (κ3) is 6.22. The van der Waals surface area contributed by atoms with Gasteiger partial charge < -0.3 is 4.79 Å². The van der Waals surface area contributed by atoms with Gasteiger partial charge in [0.15, 0.2) is 0 Å². The Kier molecular flexibility index (Phi) is 8.66. The Balaban J connectivity index is 0. The molecule has 0 aliphatic carbocycles. The van der Waals surface area contributed by atoms with E-state index in [1.54, 1.807) is 13.8 Å². The molecule has 0 saturated carbocycles. The average molecular weight is 137 g/mol. The van der Waals surface area contributed by atoms with E-state index in [1.807, 2.05) is 0 Å². The maximum Gasteiger partial charge on any atom is 0.142 e. The topological polar surface area (TPSA) is 34.1 Å². The first-order chi connectivity index (χ1) is 3.68. The molecule has 0 fully saturated rings. The monoisotopic (exact) mass is 137 g/mol. The van der Waals surface area contributed by atoms with Crippen molar-refractivity contribution in [2.45, 2.75) is 20.3 Å². The van der Waals surface area contributed by atoms with E-state index in [4.69, 9.17) is 0 Å². The summed E-state index contributed by atoms with van der Waals surface area (Å²) in [6.45, 7) is 3.57. The van der Waals surface area contributed by atoms with Gasteiger partial charge in [-0.2, -0.15) is 0 Å². The van der Waals surface area contributed by atoms with Crippen molar-refractivity contribution in [2.75, 3.05) is 0 Å². The summed E-state index contributed by atoms with van der Waals surface area (Å²) in [5, 5.41) is 0. The zero-order valence-corrected chi connectivity index (χ0v) is 8.18. The van der Waals surface area contributed by atoms with Crippen molar-refractivity contribution in [3.05, 3.63) is 0 Å². The zero-order chi connectivity index (χ0) is 6.57. The molecule has 3 heteroatoms. The smallest absolute Gasteiger partial charge is 0.142 e. The van der Waals surface area contributed by atoms with Gasteiger partial charge in [0, 0.05) is 35.5 Å². The molecule has 0 spiro atoms. The fourth-order valence-corrected chi connectivity index (χ4v) is 0.318. The summed E-state index contributed by atoms with van der Waals surface area (Å²) in [5.41, 5.74) is 0. The van der Waals surface area contributed by atoms with E-state index in [0.29, 0.717) is 6.29 Å². The van der Waals surface area contributed by atoms with E-state index >= 15 is 0 Å². The molecule has 0 aromatic carbocycles. The molecular formula is C6H10NaO2. The second kappa shape index (κ2) is 6.46. The van der Waals surface area contributed by atoms with Crippen molar-refractivity contribution in [2.24, 2.45) is 5.92 Å². The van der Waals surface area contributed by atoms with Crippen LogP contribution in [0.4, 0.5) is 0 Å². The molecule has 0 aliphatic rings. The van der Waals surface area contributed by atoms with E-state index in [1.165, 1.54) is 0 Å². The molecule has 0 amide bonds. The molecule has 0 aliphatic heterocycles. The molecule has 47 valence electrons. The number of ketones is 1. The molecule has 0 aromatic rings. The van der Waals surface area contributed by atoms with Gasteiger partial charge in [-0.15, -0.1) is 0 Å². The van der Waals surface area contributed by atoms with Crippen LogP contribution in [-0.2, 0) is 9.59 Å². The van der Waals surface area contributed by atoms with E-state index < -0.39 is 0 Å². The van der Waals surface area contributed by atoms with Gasteiger partial charge in [-0.1, -0.05) is 13.8 Å². The van der Waals surface area contributed by atoms with Crippen molar-refractivity contribution in [1.29, 1.82) is 0 Å². The van der Waals surface area contributed by atoms with Gasteiger partial charge >= 0.3 is 0 Å². The molecule has 0 bridgehead atoms. The van der Waals surface area contributed by atoms with Gasteiger partial charge in [-0.25, -0.2) is 0 Å². The fourth-order valence-electron chi connectivity index (χ4n) is 0.318. The Morgan fingerprint density at radius 3 is 2.11 bits per heavy atom. The Hall–Kier alpha value is 0.340. The molecule has 0 atom stereocenters. The SMILES string of the molecule is CC(C)C(=O)CC=O.[Na]. The molecule has 1 radical (unpaired) electrons. The van der Waals surface area contributed by atoms with Crippen molar-refractivity contribution in [3.63, 3.8) is 0 Å². The summed E-state index contributed by atoms with van der Waals surface area (Å²) in [7, 11) is 0. The third-order valence-corrected chi connectivity index (χ3v) is 0.928. The van der Waals surface area contributed by atoms with Gasteiger partial charge in [-0.3, -0.25) is 4.79 Å². The second-order valence-electron chi connectivity index (χ2n) is 1.99. The summed E-state index contributed by atoms with van der Waals surface area (Å²) in [5.74, 6) is 0.0141. The number of rotatable bonds is 3. The van der Waals surface area contributed by atoms with Gasteiger partial charge in [0.05, 0.1) is 6.42 Å². The van der Waals surface area contributed by atoms with Crippen molar-refractivity contribution >= 4 is 41.6 Å². The maximum absolute atomic E-state index is 10.5. The van der Waals surface area contributed by atoms with E-state index in [-0.39, 0.29) is 47.7 Å². The van der Waals surface area contributed by atoms with Crippen LogP contribution in [-0.4, -0.2) is 41.6 Å². The predicted molar refractivity (Wildman–Crippen MR) is 36.3 cm³/mol. The van der Waals surface area contributed by atoms with Gasteiger partial charge in [0.1, 0.15) is 12.1 Å². The number of Topliss-reactive ketones (excluding diaryl/α,β-unsaturated/α-hetero) is 1. The van der Waals surface area contributed by atoms with Crippen molar-refractivity contribution < 1.29 is 9.59 Å². The number of carbonyl (C=O) groups excluding carboxylic acids is 2. The summed E-state index contributed by atoms with van der Waals surface area (Å²) in [6.07, 6.45) is 0.708. The summed E-state index contributed by atoms with van der Waals surface area (Å²) in [4.78, 5) is 20.2. The van der Waals surface area contributed by atoms with E-state index in [9.17, 15) is 9.59 Å². The number of aldehydes is 1. The summed E-state index contributed by atoms with van der Waals surface area (Å²) in [6, 6.07) is 0. The van der Waals surface area contributed by atoms with Crippen LogP contribution in [0, 0.1) is 5.92 Å². The van der Waals surface area contributed by atoms with Crippen molar-refractivity contribution in [1.82, 2.24) is 0 Å². The number of hydrogen-bond acceptors (Lipinski definition) is 2. The summed E-state index contributed by atoms with van der Waals surface area (Å²) < 4.78 is 0. The van der Waals surface area contributed by atoms with Crippen LogP contribution in [0.3, 0.4) is 0 Å².